The van der Waals surface area contributed by atoms with Crippen LogP contribution in [0.25, 0.3) is 0 Å². The highest BCUT2D eigenvalue weighted by Gasteiger charge is 2.38. The fraction of sp³-hybridized carbons (Fsp3) is 0.520. The van der Waals surface area contributed by atoms with Gasteiger partial charge in [-0.15, -0.1) is 0 Å². The second kappa shape index (κ2) is 10.4. The molecule has 1 aromatic carbocycles. The standard InChI is InChI=1S/C25H32ClN3O7S/c1-25(2,3)36-24(32)29-12-5-7-16(14-29)37(33,34)22-17(26)9-10-18(20(22)30)27-23(31)28-19-8-4-6-15-11-13-35-21(15)19/h9-11,13,16,19,30H,4-8,12,14H2,1-3H3,(H2,27,28,31)/t16-,19+/m0/s1. The molecule has 10 nitrogen and oxygen atoms in total. The highest BCUT2D eigenvalue weighted by molar-refractivity contribution is 7.92. The number of aryl methyl sites for hydroxylation is 1. The summed E-state index contributed by atoms with van der Waals surface area (Å²) < 4.78 is 38.1. The van der Waals surface area contributed by atoms with E-state index in [0.29, 0.717) is 25.1 Å². The third-order valence-electron chi connectivity index (χ3n) is 6.43. The van der Waals surface area contributed by atoms with Crippen LogP contribution >= 0.6 is 11.6 Å². The molecule has 1 aliphatic carbocycles. The lowest BCUT2D eigenvalue weighted by atomic mass is 9.94. The maximum absolute atomic E-state index is 13.6. The van der Waals surface area contributed by atoms with Crippen LogP contribution in [0.5, 0.6) is 5.75 Å². The van der Waals surface area contributed by atoms with Crippen LogP contribution in [0, 0.1) is 0 Å². The highest BCUT2D eigenvalue weighted by atomic mass is 35.5. The van der Waals surface area contributed by atoms with E-state index in [-0.39, 0.29) is 29.7 Å². The number of urea groups is 1. The van der Waals surface area contributed by atoms with Gasteiger partial charge in [-0.1, -0.05) is 11.6 Å². The van der Waals surface area contributed by atoms with Crippen molar-refractivity contribution in [2.24, 2.45) is 0 Å². The molecule has 3 amide bonds. The van der Waals surface area contributed by atoms with Gasteiger partial charge in [0.25, 0.3) is 0 Å². The number of nitrogens with zero attached hydrogens (tertiary/aromatic N) is 1. The Morgan fingerprint density at radius 3 is 2.68 bits per heavy atom. The van der Waals surface area contributed by atoms with Gasteiger partial charge < -0.3 is 29.8 Å². The van der Waals surface area contributed by atoms with Gasteiger partial charge in [0.05, 0.1) is 28.3 Å². The largest absolute Gasteiger partial charge is 0.504 e. The van der Waals surface area contributed by atoms with Crippen molar-refractivity contribution in [1.82, 2.24) is 10.2 Å². The molecule has 0 unspecified atom stereocenters. The molecule has 4 rings (SSSR count). The SMILES string of the molecule is CC(C)(C)OC(=O)N1CCC[C@H](S(=O)(=O)c2c(Cl)ccc(NC(=O)N[C@@H]3CCCc4ccoc43)c2O)C1. The number of carbonyl (C=O) groups is 2. The summed E-state index contributed by atoms with van der Waals surface area (Å²) in [6, 6.07) is 3.56. The van der Waals surface area contributed by atoms with Gasteiger partial charge in [-0.05, 0) is 76.6 Å². The lowest BCUT2D eigenvalue weighted by Crippen LogP contribution is -2.47. The van der Waals surface area contributed by atoms with Crippen molar-refractivity contribution in [2.45, 2.75) is 74.7 Å². The van der Waals surface area contributed by atoms with E-state index in [1.165, 1.54) is 17.0 Å². The number of aromatic hydroxyl groups is 1. The second-order valence-corrected chi connectivity index (χ2v) is 12.9. The Kier molecular flexibility index (Phi) is 7.66. The van der Waals surface area contributed by atoms with Crippen LogP contribution in [0.15, 0.2) is 33.8 Å². The number of furan rings is 1. The van der Waals surface area contributed by atoms with Gasteiger partial charge in [-0.3, -0.25) is 0 Å². The maximum Gasteiger partial charge on any atom is 0.410 e. The minimum absolute atomic E-state index is 0.0989. The number of hydrogen-bond acceptors (Lipinski definition) is 7. The van der Waals surface area contributed by atoms with Crippen molar-refractivity contribution >= 4 is 39.2 Å². The average Bonchev–Trinajstić information content (AvgIpc) is 3.30. The third-order valence-corrected chi connectivity index (χ3v) is 9.10. The normalized spacial score (nSPS) is 20.2. The first kappa shape index (κ1) is 27.1. The molecule has 2 aliphatic rings. The molecule has 37 heavy (non-hydrogen) atoms. The number of phenolic OH excluding ortho intramolecular Hbond substituents is 1. The quantitative estimate of drug-likeness (QED) is 0.452. The molecule has 2 atom stereocenters. The van der Waals surface area contributed by atoms with E-state index < -0.39 is 43.5 Å². The number of rotatable bonds is 4. The van der Waals surface area contributed by atoms with Gasteiger partial charge in [-0.25, -0.2) is 18.0 Å². The van der Waals surface area contributed by atoms with E-state index in [4.69, 9.17) is 20.8 Å². The first-order valence-electron chi connectivity index (χ1n) is 12.2. The zero-order valence-electron chi connectivity index (χ0n) is 21.0. The highest BCUT2D eigenvalue weighted by Crippen LogP contribution is 2.40. The number of anilines is 1. The fourth-order valence-corrected chi connectivity index (χ4v) is 7.09. The second-order valence-electron chi connectivity index (χ2n) is 10.4. The number of amides is 3. The maximum atomic E-state index is 13.6. The minimum Gasteiger partial charge on any atom is -0.504 e. The van der Waals surface area contributed by atoms with Crippen molar-refractivity contribution in [3.63, 3.8) is 0 Å². The smallest absolute Gasteiger partial charge is 0.410 e. The number of fused-ring (bicyclic) bond motifs is 1. The van der Waals surface area contributed by atoms with Crippen LogP contribution in [0.3, 0.4) is 0 Å². The van der Waals surface area contributed by atoms with E-state index >= 15 is 0 Å². The summed E-state index contributed by atoms with van der Waals surface area (Å²) in [5.41, 5.74) is 0.212. The number of hydrogen-bond donors (Lipinski definition) is 3. The Morgan fingerprint density at radius 2 is 1.95 bits per heavy atom. The lowest BCUT2D eigenvalue weighted by molar-refractivity contribution is 0.0219. The molecule has 1 aliphatic heterocycles. The molecule has 2 aromatic rings. The van der Waals surface area contributed by atoms with E-state index in [1.807, 2.05) is 6.07 Å². The number of ether oxygens (including phenoxy) is 1. The van der Waals surface area contributed by atoms with Crippen LogP contribution in [0.4, 0.5) is 15.3 Å². The van der Waals surface area contributed by atoms with Crippen LogP contribution in [0.1, 0.15) is 63.8 Å². The Morgan fingerprint density at radius 1 is 1.19 bits per heavy atom. The lowest BCUT2D eigenvalue weighted by Gasteiger charge is -2.34. The first-order valence-corrected chi connectivity index (χ1v) is 14.2. The van der Waals surface area contributed by atoms with Crippen molar-refractivity contribution in [1.29, 1.82) is 0 Å². The van der Waals surface area contributed by atoms with Gasteiger partial charge in [0.15, 0.2) is 15.6 Å². The third kappa shape index (κ3) is 5.98. The van der Waals surface area contributed by atoms with Gasteiger partial charge in [0.2, 0.25) is 0 Å². The topological polar surface area (TPSA) is 138 Å². The Bertz CT molecular complexity index is 1290. The number of phenols is 1. The number of halogens is 1. The Balaban J connectivity index is 1.51. The molecule has 1 aromatic heterocycles. The van der Waals surface area contributed by atoms with Crippen LogP contribution in [-0.2, 0) is 21.0 Å². The van der Waals surface area contributed by atoms with E-state index in [9.17, 15) is 23.1 Å². The van der Waals surface area contributed by atoms with Crippen LogP contribution in [-0.4, -0.2) is 54.5 Å². The predicted molar refractivity (Wildman–Crippen MR) is 138 cm³/mol. The zero-order chi connectivity index (χ0) is 27.0. The van der Waals surface area contributed by atoms with Crippen molar-refractivity contribution in [3.8, 4) is 5.75 Å². The molecular formula is C25H32ClN3O7S. The number of piperidine rings is 1. The van der Waals surface area contributed by atoms with Crippen molar-refractivity contribution in [2.75, 3.05) is 18.4 Å². The molecule has 12 heteroatoms. The Labute approximate surface area is 221 Å². The number of sulfone groups is 1. The molecule has 3 N–H and O–H groups in total. The molecule has 0 bridgehead atoms. The number of carbonyl (C=O) groups excluding carboxylic acids is 2. The van der Waals surface area contributed by atoms with E-state index in [2.05, 4.69) is 10.6 Å². The molecule has 0 spiro atoms. The minimum atomic E-state index is -4.17. The van der Waals surface area contributed by atoms with Gasteiger partial charge in [-0.2, -0.15) is 0 Å². The number of benzene rings is 1. The zero-order valence-corrected chi connectivity index (χ0v) is 22.6. The molecule has 0 radical (unpaired) electrons. The molecule has 202 valence electrons. The Hall–Kier alpha value is -2.92. The summed E-state index contributed by atoms with van der Waals surface area (Å²) in [5.74, 6) is 0.0382. The summed E-state index contributed by atoms with van der Waals surface area (Å²) >= 11 is 6.24. The van der Waals surface area contributed by atoms with Crippen molar-refractivity contribution < 1.29 is 32.3 Å². The van der Waals surface area contributed by atoms with Crippen LogP contribution in [0.2, 0.25) is 5.02 Å². The van der Waals surface area contributed by atoms with E-state index in [1.54, 1.807) is 27.0 Å². The number of nitrogens with one attached hydrogen (secondary N) is 2. The van der Waals surface area contributed by atoms with Crippen molar-refractivity contribution in [3.05, 3.63) is 40.8 Å². The summed E-state index contributed by atoms with van der Waals surface area (Å²) in [7, 11) is -4.17. The number of likely N-dealkylation sites (tertiary alicyclic amines) is 1. The summed E-state index contributed by atoms with van der Waals surface area (Å²) in [4.78, 5) is 26.1. The predicted octanol–water partition coefficient (Wildman–Crippen LogP) is 5.01. The summed E-state index contributed by atoms with van der Waals surface area (Å²) in [6.07, 6.45) is 4.15. The molecule has 2 heterocycles. The molecule has 1 saturated heterocycles. The molecule has 0 saturated carbocycles. The van der Waals surface area contributed by atoms with Gasteiger partial charge in [0.1, 0.15) is 16.3 Å². The first-order chi connectivity index (χ1) is 17.4. The summed E-state index contributed by atoms with van der Waals surface area (Å²) in [6.45, 7) is 5.46. The van der Waals surface area contributed by atoms with Gasteiger partial charge >= 0.3 is 12.1 Å². The molecule has 1 fully saturated rings. The van der Waals surface area contributed by atoms with Gasteiger partial charge in [0, 0.05) is 13.1 Å². The monoisotopic (exact) mass is 553 g/mol. The average molecular weight is 554 g/mol. The molecular weight excluding hydrogens is 522 g/mol. The summed E-state index contributed by atoms with van der Waals surface area (Å²) in [5, 5.41) is 15.1. The van der Waals surface area contributed by atoms with E-state index in [0.717, 1.165) is 18.4 Å². The van der Waals surface area contributed by atoms with Crippen LogP contribution < -0.4 is 10.6 Å². The fourth-order valence-electron chi connectivity index (χ4n) is 4.71.